The minimum absolute atomic E-state index is 0.587. The molecular weight excluding hydrogens is 331 g/mol. The summed E-state index contributed by atoms with van der Waals surface area (Å²) in [6, 6.07) is 7.52. The Balaban J connectivity index is 1.83. The van der Waals surface area contributed by atoms with Gasteiger partial charge >= 0.3 is 0 Å². The van der Waals surface area contributed by atoms with Crippen molar-refractivity contribution in [3.63, 3.8) is 0 Å². The van der Waals surface area contributed by atoms with Gasteiger partial charge in [0.15, 0.2) is 5.96 Å². The van der Waals surface area contributed by atoms with Gasteiger partial charge in [-0.05, 0) is 48.2 Å². The van der Waals surface area contributed by atoms with Crippen LogP contribution in [-0.4, -0.2) is 24.5 Å². The lowest BCUT2D eigenvalue weighted by molar-refractivity contribution is 0.792. The van der Waals surface area contributed by atoms with Crippen molar-refractivity contribution in [1.82, 2.24) is 15.6 Å². The molecule has 0 radical (unpaired) electrons. The molecule has 2 rings (SSSR count). The summed E-state index contributed by atoms with van der Waals surface area (Å²) < 4.78 is 0. The van der Waals surface area contributed by atoms with Gasteiger partial charge in [-0.15, -0.1) is 0 Å². The van der Waals surface area contributed by atoms with Crippen molar-refractivity contribution < 1.29 is 0 Å². The summed E-state index contributed by atoms with van der Waals surface area (Å²) in [7, 11) is 1.75. The molecule has 1 heterocycles. The predicted octanol–water partition coefficient (Wildman–Crippen LogP) is 3.60. The fourth-order valence-electron chi connectivity index (χ4n) is 2.16. The maximum atomic E-state index is 6.17. The third-order valence-electron chi connectivity index (χ3n) is 3.51. The number of guanidine groups is 1. The van der Waals surface area contributed by atoms with Gasteiger partial charge in [-0.3, -0.25) is 9.98 Å². The molecule has 0 unspecified atom stereocenters. The molecule has 0 saturated heterocycles. The van der Waals surface area contributed by atoms with E-state index in [4.69, 9.17) is 23.2 Å². The summed E-state index contributed by atoms with van der Waals surface area (Å²) in [4.78, 5) is 8.32. The molecule has 1 aromatic carbocycles. The number of hydrogen-bond donors (Lipinski definition) is 2. The Hall–Kier alpha value is -1.78. The molecule has 0 spiro atoms. The average molecular weight is 351 g/mol. The number of halogens is 2. The Morgan fingerprint density at radius 2 is 2.00 bits per heavy atom. The second-order valence-corrected chi connectivity index (χ2v) is 5.98. The first-order valence-corrected chi connectivity index (χ1v) is 8.13. The summed E-state index contributed by atoms with van der Waals surface area (Å²) in [6.07, 6.45) is 4.61. The lowest BCUT2D eigenvalue weighted by atomic mass is 10.1. The molecule has 2 N–H and O–H groups in total. The zero-order chi connectivity index (χ0) is 16.7. The lowest BCUT2D eigenvalue weighted by Crippen LogP contribution is -2.38. The summed E-state index contributed by atoms with van der Waals surface area (Å²) in [5.74, 6) is 0.739. The molecule has 0 fully saturated rings. The SMILES string of the molecule is CN=C(NCCc1ccncc1C)NCc1ccc(Cl)cc1Cl. The third-order valence-corrected chi connectivity index (χ3v) is 4.10. The molecule has 0 amide bonds. The second-order valence-electron chi connectivity index (χ2n) is 5.14. The number of pyridine rings is 1. The molecular formula is C17H20Cl2N4. The van der Waals surface area contributed by atoms with E-state index in [1.165, 1.54) is 11.1 Å². The Labute approximate surface area is 146 Å². The van der Waals surface area contributed by atoms with Crippen LogP contribution in [0.2, 0.25) is 10.0 Å². The van der Waals surface area contributed by atoms with Gasteiger partial charge in [-0.2, -0.15) is 0 Å². The van der Waals surface area contributed by atoms with Gasteiger partial charge in [0.05, 0.1) is 0 Å². The quantitative estimate of drug-likeness (QED) is 0.639. The molecule has 0 saturated carbocycles. The maximum absolute atomic E-state index is 6.17. The predicted molar refractivity (Wildman–Crippen MR) is 97.3 cm³/mol. The minimum Gasteiger partial charge on any atom is -0.356 e. The number of rotatable bonds is 5. The summed E-state index contributed by atoms with van der Waals surface area (Å²) in [5.41, 5.74) is 3.46. The molecule has 0 bridgehead atoms. The highest BCUT2D eigenvalue weighted by molar-refractivity contribution is 6.35. The lowest BCUT2D eigenvalue weighted by Gasteiger charge is -2.13. The van der Waals surface area contributed by atoms with E-state index in [0.29, 0.717) is 16.6 Å². The van der Waals surface area contributed by atoms with E-state index in [-0.39, 0.29) is 0 Å². The van der Waals surface area contributed by atoms with Gasteiger partial charge in [0.1, 0.15) is 0 Å². The number of aryl methyl sites for hydroxylation is 1. The third kappa shape index (κ3) is 5.41. The Bertz CT molecular complexity index is 686. The molecule has 0 aliphatic heterocycles. The van der Waals surface area contributed by atoms with Gasteiger partial charge in [0.2, 0.25) is 0 Å². The zero-order valence-corrected chi connectivity index (χ0v) is 14.7. The molecule has 6 heteroatoms. The number of nitrogens with zero attached hydrogens (tertiary/aromatic N) is 2. The van der Waals surface area contributed by atoms with Crippen molar-refractivity contribution >= 4 is 29.2 Å². The van der Waals surface area contributed by atoms with Crippen molar-refractivity contribution in [3.8, 4) is 0 Å². The maximum Gasteiger partial charge on any atom is 0.191 e. The highest BCUT2D eigenvalue weighted by Gasteiger charge is 2.04. The van der Waals surface area contributed by atoms with Crippen LogP contribution in [0, 0.1) is 6.92 Å². The van der Waals surface area contributed by atoms with Crippen molar-refractivity contribution in [2.24, 2.45) is 4.99 Å². The van der Waals surface area contributed by atoms with Crippen molar-refractivity contribution in [2.45, 2.75) is 19.9 Å². The first-order chi connectivity index (χ1) is 11.1. The molecule has 4 nitrogen and oxygen atoms in total. The number of hydrogen-bond acceptors (Lipinski definition) is 2. The van der Waals surface area contributed by atoms with Crippen LogP contribution in [0.3, 0.4) is 0 Å². The molecule has 23 heavy (non-hydrogen) atoms. The smallest absolute Gasteiger partial charge is 0.191 e. The average Bonchev–Trinajstić information content (AvgIpc) is 2.54. The fraction of sp³-hybridized carbons (Fsp3) is 0.294. The standard InChI is InChI=1S/C17H20Cl2N4/c1-12-10-21-7-5-13(12)6-8-22-17(20-2)23-11-14-3-4-15(18)9-16(14)19/h3-5,7,9-10H,6,8,11H2,1-2H3,(H2,20,22,23). The molecule has 0 aliphatic rings. The van der Waals surface area contributed by atoms with E-state index in [9.17, 15) is 0 Å². The van der Waals surface area contributed by atoms with Crippen molar-refractivity contribution in [2.75, 3.05) is 13.6 Å². The van der Waals surface area contributed by atoms with Gasteiger partial charge in [-0.1, -0.05) is 29.3 Å². The number of nitrogens with one attached hydrogen (secondary N) is 2. The molecule has 2 aromatic rings. The highest BCUT2D eigenvalue weighted by Crippen LogP contribution is 2.20. The van der Waals surface area contributed by atoms with Crippen LogP contribution in [0.5, 0.6) is 0 Å². The van der Waals surface area contributed by atoms with E-state index in [1.807, 2.05) is 30.6 Å². The molecule has 0 atom stereocenters. The first kappa shape index (κ1) is 17.6. The van der Waals surface area contributed by atoms with Gasteiger partial charge in [0.25, 0.3) is 0 Å². The van der Waals surface area contributed by atoms with E-state index in [1.54, 1.807) is 13.1 Å². The number of benzene rings is 1. The Morgan fingerprint density at radius 1 is 1.17 bits per heavy atom. The normalized spacial score (nSPS) is 11.4. The number of aromatic nitrogens is 1. The highest BCUT2D eigenvalue weighted by atomic mass is 35.5. The van der Waals surface area contributed by atoms with E-state index >= 15 is 0 Å². The second kappa shape index (κ2) is 8.75. The monoisotopic (exact) mass is 350 g/mol. The Morgan fingerprint density at radius 3 is 2.70 bits per heavy atom. The van der Waals surface area contributed by atoms with Crippen molar-refractivity contribution in [1.29, 1.82) is 0 Å². The fourth-order valence-corrected chi connectivity index (χ4v) is 2.64. The van der Waals surface area contributed by atoms with E-state index in [0.717, 1.165) is 24.5 Å². The van der Waals surface area contributed by atoms with Crippen LogP contribution in [0.15, 0.2) is 41.7 Å². The van der Waals surface area contributed by atoms with Crippen LogP contribution >= 0.6 is 23.2 Å². The summed E-state index contributed by atoms with van der Waals surface area (Å²) in [6.45, 7) is 3.45. The van der Waals surface area contributed by atoms with Gasteiger partial charge in [0, 0.05) is 42.6 Å². The molecule has 0 aliphatic carbocycles. The Kier molecular flexibility index (Phi) is 6.68. The van der Waals surface area contributed by atoms with Crippen LogP contribution in [-0.2, 0) is 13.0 Å². The largest absolute Gasteiger partial charge is 0.356 e. The molecule has 122 valence electrons. The minimum atomic E-state index is 0.587. The van der Waals surface area contributed by atoms with Gasteiger partial charge in [-0.25, -0.2) is 0 Å². The summed E-state index contributed by atoms with van der Waals surface area (Å²) >= 11 is 12.1. The van der Waals surface area contributed by atoms with Gasteiger partial charge < -0.3 is 10.6 Å². The van der Waals surface area contributed by atoms with Crippen LogP contribution in [0.4, 0.5) is 0 Å². The van der Waals surface area contributed by atoms with Crippen LogP contribution in [0.25, 0.3) is 0 Å². The summed E-state index contributed by atoms with van der Waals surface area (Å²) in [5, 5.41) is 7.82. The zero-order valence-electron chi connectivity index (χ0n) is 13.2. The van der Waals surface area contributed by atoms with Crippen molar-refractivity contribution in [3.05, 3.63) is 63.4 Å². The topological polar surface area (TPSA) is 49.3 Å². The van der Waals surface area contributed by atoms with E-state index in [2.05, 4.69) is 27.5 Å². The first-order valence-electron chi connectivity index (χ1n) is 7.38. The van der Waals surface area contributed by atoms with E-state index < -0.39 is 0 Å². The van der Waals surface area contributed by atoms with Crippen LogP contribution < -0.4 is 10.6 Å². The molecule has 1 aromatic heterocycles. The van der Waals surface area contributed by atoms with Crippen LogP contribution in [0.1, 0.15) is 16.7 Å². The number of aliphatic imine (C=N–C) groups is 1.